The molecule has 4 atom stereocenters. The molecule has 0 rings (SSSR count). The molecular formula is C10H18N2O5. The Morgan fingerprint density at radius 2 is 1.76 bits per heavy atom. The van der Waals surface area contributed by atoms with Crippen LogP contribution in [0.3, 0.4) is 0 Å². The molecule has 0 aromatic heterocycles. The number of carbonyl (C=O) groups excluding carboxylic acids is 1. The van der Waals surface area contributed by atoms with Crippen molar-refractivity contribution in [2.75, 3.05) is 6.61 Å². The fraction of sp³-hybridized carbons (Fsp3) is 0.900. The van der Waals surface area contributed by atoms with Crippen LogP contribution in [0.5, 0.6) is 0 Å². The monoisotopic (exact) mass is 246 g/mol. The SMILES string of the molecule is CC(=O)CCC(N=O)C(O)C(C)C(CO)N=O. The van der Waals surface area contributed by atoms with Crippen LogP contribution in [-0.2, 0) is 4.79 Å². The molecule has 0 saturated heterocycles. The summed E-state index contributed by atoms with van der Waals surface area (Å²) in [6.45, 7) is 2.38. The number of hydrogen-bond donors (Lipinski definition) is 2. The van der Waals surface area contributed by atoms with E-state index in [0.29, 0.717) is 0 Å². The number of aliphatic hydroxyl groups excluding tert-OH is 2. The predicted octanol–water partition coefficient (Wildman–Crippen LogP) is 0.615. The summed E-state index contributed by atoms with van der Waals surface area (Å²) in [6.07, 6.45) is -0.929. The topological polar surface area (TPSA) is 116 Å². The van der Waals surface area contributed by atoms with Crippen molar-refractivity contribution in [3.8, 4) is 0 Å². The van der Waals surface area contributed by atoms with Gasteiger partial charge in [0.15, 0.2) is 0 Å². The summed E-state index contributed by atoms with van der Waals surface area (Å²) in [5, 5.41) is 24.1. The van der Waals surface area contributed by atoms with E-state index in [9.17, 15) is 19.7 Å². The highest BCUT2D eigenvalue weighted by Crippen LogP contribution is 2.19. The first kappa shape index (κ1) is 15.8. The first-order chi connectivity index (χ1) is 7.97. The van der Waals surface area contributed by atoms with E-state index < -0.39 is 30.7 Å². The smallest absolute Gasteiger partial charge is 0.129 e. The third-order valence-electron chi connectivity index (χ3n) is 2.79. The van der Waals surface area contributed by atoms with Crippen LogP contribution in [0.15, 0.2) is 10.4 Å². The van der Waals surface area contributed by atoms with Crippen molar-refractivity contribution in [2.24, 2.45) is 16.3 Å². The van der Waals surface area contributed by atoms with Crippen LogP contribution in [0.1, 0.15) is 26.7 Å². The highest BCUT2D eigenvalue weighted by molar-refractivity contribution is 5.75. The molecule has 0 amide bonds. The summed E-state index contributed by atoms with van der Waals surface area (Å²) in [6, 6.07) is -1.95. The predicted molar refractivity (Wildman–Crippen MR) is 61.3 cm³/mol. The number of rotatable bonds is 9. The van der Waals surface area contributed by atoms with Gasteiger partial charge in [-0.15, -0.1) is 0 Å². The summed E-state index contributed by atoms with van der Waals surface area (Å²) in [5.74, 6) is -0.794. The summed E-state index contributed by atoms with van der Waals surface area (Å²) < 4.78 is 0. The molecule has 0 aliphatic rings. The zero-order valence-electron chi connectivity index (χ0n) is 9.94. The summed E-state index contributed by atoms with van der Waals surface area (Å²) >= 11 is 0. The van der Waals surface area contributed by atoms with Gasteiger partial charge in [0.05, 0.1) is 12.7 Å². The molecule has 0 heterocycles. The van der Waals surface area contributed by atoms with Crippen LogP contribution >= 0.6 is 0 Å². The number of carbonyl (C=O) groups is 1. The van der Waals surface area contributed by atoms with Crippen molar-refractivity contribution >= 4 is 5.78 Å². The lowest BCUT2D eigenvalue weighted by molar-refractivity contribution is -0.117. The van der Waals surface area contributed by atoms with Crippen molar-refractivity contribution in [1.82, 2.24) is 0 Å². The molecule has 0 aromatic carbocycles. The largest absolute Gasteiger partial charge is 0.394 e. The first-order valence-electron chi connectivity index (χ1n) is 5.41. The molecule has 0 fully saturated rings. The van der Waals surface area contributed by atoms with Gasteiger partial charge in [-0.1, -0.05) is 17.3 Å². The first-order valence-corrected chi connectivity index (χ1v) is 5.41. The van der Waals surface area contributed by atoms with Crippen molar-refractivity contribution in [3.63, 3.8) is 0 Å². The van der Waals surface area contributed by atoms with E-state index in [4.69, 9.17) is 5.11 Å². The summed E-state index contributed by atoms with van der Waals surface area (Å²) in [5.41, 5.74) is 0. The molecular weight excluding hydrogens is 228 g/mol. The molecule has 7 heteroatoms. The minimum atomic E-state index is -1.19. The van der Waals surface area contributed by atoms with Crippen LogP contribution in [0.4, 0.5) is 0 Å². The highest BCUT2D eigenvalue weighted by Gasteiger charge is 2.31. The zero-order chi connectivity index (χ0) is 13.4. The molecule has 98 valence electrons. The maximum Gasteiger partial charge on any atom is 0.129 e. The van der Waals surface area contributed by atoms with Crippen molar-refractivity contribution in [3.05, 3.63) is 9.81 Å². The van der Waals surface area contributed by atoms with Crippen molar-refractivity contribution < 1.29 is 15.0 Å². The molecule has 2 N–H and O–H groups in total. The van der Waals surface area contributed by atoms with Gasteiger partial charge in [0.25, 0.3) is 0 Å². The van der Waals surface area contributed by atoms with Crippen LogP contribution < -0.4 is 0 Å². The lowest BCUT2D eigenvalue weighted by atomic mass is 9.90. The molecule has 7 nitrogen and oxygen atoms in total. The second-order valence-electron chi connectivity index (χ2n) is 4.12. The normalized spacial score (nSPS) is 17.9. The van der Waals surface area contributed by atoms with Gasteiger partial charge in [-0.05, 0) is 13.3 Å². The van der Waals surface area contributed by atoms with Gasteiger partial charge in [0.2, 0.25) is 0 Å². The Hall–Kier alpha value is -1.21. The summed E-state index contributed by atoms with van der Waals surface area (Å²) in [4.78, 5) is 31.7. The van der Waals surface area contributed by atoms with E-state index in [2.05, 4.69) is 10.4 Å². The van der Waals surface area contributed by atoms with Gasteiger partial charge in [-0.2, -0.15) is 9.81 Å². The van der Waals surface area contributed by atoms with Crippen molar-refractivity contribution in [1.29, 1.82) is 0 Å². The molecule has 0 saturated carbocycles. The van der Waals surface area contributed by atoms with E-state index in [1.54, 1.807) is 0 Å². The molecule has 0 spiro atoms. The number of ketones is 1. The minimum absolute atomic E-state index is 0.106. The number of nitrogens with zero attached hydrogens (tertiary/aromatic N) is 2. The van der Waals surface area contributed by atoms with Gasteiger partial charge in [0, 0.05) is 12.3 Å². The van der Waals surface area contributed by atoms with E-state index in [1.807, 2.05) is 0 Å². The molecule has 17 heavy (non-hydrogen) atoms. The van der Waals surface area contributed by atoms with Crippen LogP contribution in [0, 0.1) is 15.7 Å². The van der Waals surface area contributed by atoms with Gasteiger partial charge >= 0.3 is 0 Å². The maximum absolute atomic E-state index is 10.8. The molecule has 0 aliphatic heterocycles. The molecule has 0 aromatic rings. The van der Waals surface area contributed by atoms with E-state index in [0.717, 1.165) is 0 Å². The lowest BCUT2D eigenvalue weighted by Gasteiger charge is -2.24. The zero-order valence-corrected chi connectivity index (χ0v) is 9.94. The molecule has 0 radical (unpaired) electrons. The van der Waals surface area contributed by atoms with Gasteiger partial charge in [-0.25, -0.2) is 0 Å². The highest BCUT2D eigenvalue weighted by atomic mass is 16.3. The number of Topliss-reactive ketones (excluding diaryl/α,β-unsaturated/α-hetero) is 1. The Labute approximate surface area is 99.2 Å². The molecule has 0 bridgehead atoms. The minimum Gasteiger partial charge on any atom is -0.394 e. The lowest BCUT2D eigenvalue weighted by Crippen LogP contribution is -2.38. The van der Waals surface area contributed by atoms with E-state index in [-0.39, 0.29) is 18.6 Å². The van der Waals surface area contributed by atoms with E-state index in [1.165, 1.54) is 13.8 Å². The van der Waals surface area contributed by atoms with Crippen LogP contribution in [0.2, 0.25) is 0 Å². The Morgan fingerprint density at radius 3 is 2.12 bits per heavy atom. The third-order valence-corrected chi connectivity index (χ3v) is 2.79. The number of hydrogen-bond acceptors (Lipinski definition) is 7. The second-order valence-corrected chi connectivity index (χ2v) is 4.12. The van der Waals surface area contributed by atoms with Gasteiger partial charge < -0.3 is 15.0 Å². The number of aliphatic hydroxyl groups is 2. The maximum atomic E-state index is 10.8. The fourth-order valence-electron chi connectivity index (χ4n) is 1.51. The third kappa shape index (κ3) is 5.10. The Bertz CT molecular complexity index is 271. The summed E-state index contributed by atoms with van der Waals surface area (Å²) in [7, 11) is 0. The van der Waals surface area contributed by atoms with Gasteiger partial charge in [-0.3, -0.25) is 0 Å². The molecule has 4 unspecified atom stereocenters. The fourth-order valence-corrected chi connectivity index (χ4v) is 1.51. The second kappa shape index (κ2) is 7.97. The Morgan fingerprint density at radius 1 is 1.24 bits per heavy atom. The van der Waals surface area contributed by atoms with Crippen LogP contribution in [0.25, 0.3) is 0 Å². The Balaban J connectivity index is 4.50. The average molecular weight is 246 g/mol. The average Bonchev–Trinajstić information content (AvgIpc) is 2.30. The van der Waals surface area contributed by atoms with Crippen molar-refractivity contribution in [2.45, 2.75) is 44.9 Å². The Kier molecular flexibility index (Phi) is 7.40. The standard InChI is InChI=1S/C10H18N2O5/c1-6(14)3-4-8(11-16)10(15)7(2)9(5-13)12-17/h7-10,13,15H,3-5H2,1-2H3. The van der Waals surface area contributed by atoms with Gasteiger partial charge in [0.1, 0.15) is 17.9 Å². The van der Waals surface area contributed by atoms with E-state index >= 15 is 0 Å². The number of nitroso groups, excluding NO2 is 2. The quantitative estimate of drug-likeness (QED) is 0.578. The molecule has 0 aliphatic carbocycles. The van der Waals surface area contributed by atoms with Crippen LogP contribution in [-0.4, -0.2) is 40.8 Å².